The number of hydrogen-bond donors (Lipinski definition) is 0. The number of fused-ring (bicyclic) bond motifs is 1. The molecule has 3 aliphatic rings. The van der Waals surface area contributed by atoms with Crippen molar-refractivity contribution in [1.82, 2.24) is 14.9 Å². The number of nitrogens with zero attached hydrogens (tertiary/aromatic N) is 4. The summed E-state index contributed by atoms with van der Waals surface area (Å²) in [5, 5.41) is 0. The predicted molar refractivity (Wildman–Crippen MR) is 83.4 cm³/mol. The van der Waals surface area contributed by atoms with Crippen molar-refractivity contribution in [3.8, 4) is 5.88 Å². The van der Waals surface area contributed by atoms with Gasteiger partial charge in [-0.2, -0.15) is 0 Å². The zero-order valence-electron chi connectivity index (χ0n) is 13.4. The molecule has 3 saturated heterocycles. The Kier molecular flexibility index (Phi) is 3.80. The van der Waals surface area contributed by atoms with Gasteiger partial charge in [-0.1, -0.05) is 0 Å². The van der Waals surface area contributed by atoms with Gasteiger partial charge in [-0.05, 0) is 19.3 Å². The van der Waals surface area contributed by atoms with Crippen LogP contribution in [-0.2, 0) is 9.53 Å². The number of aromatic nitrogens is 2. The lowest BCUT2D eigenvalue weighted by atomic mass is 10.1. The van der Waals surface area contributed by atoms with Gasteiger partial charge in [0, 0.05) is 25.8 Å². The summed E-state index contributed by atoms with van der Waals surface area (Å²) in [5.74, 6) is 1.80. The van der Waals surface area contributed by atoms with Crippen LogP contribution in [0.5, 0.6) is 5.88 Å². The fourth-order valence-corrected chi connectivity index (χ4v) is 4.11. The topological polar surface area (TPSA) is 67.8 Å². The van der Waals surface area contributed by atoms with Crippen LogP contribution in [0.4, 0.5) is 5.82 Å². The molecule has 1 amide bonds. The van der Waals surface area contributed by atoms with Crippen LogP contribution in [0.1, 0.15) is 19.3 Å². The molecule has 0 spiro atoms. The van der Waals surface area contributed by atoms with E-state index in [1.54, 1.807) is 7.11 Å². The van der Waals surface area contributed by atoms with Crippen LogP contribution in [0.25, 0.3) is 0 Å². The van der Waals surface area contributed by atoms with E-state index in [-0.39, 0.29) is 11.8 Å². The van der Waals surface area contributed by atoms with Gasteiger partial charge in [-0.25, -0.2) is 9.97 Å². The Balaban J connectivity index is 1.50. The third-order valence-electron chi connectivity index (χ3n) is 5.27. The van der Waals surface area contributed by atoms with E-state index >= 15 is 0 Å². The van der Waals surface area contributed by atoms with Gasteiger partial charge in [0.25, 0.3) is 0 Å². The Hall–Kier alpha value is -1.89. The highest BCUT2D eigenvalue weighted by atomic mass is 16.5. The molecular formula is C16H22N4O3. The third kappa shape index (κ3) is 2.52. The lowest BCUT2D eigenvalue weighted by Gasteiger charge is -2.27. The molecule has 0 saturated carbocycles. The summed E-state index contributed by atoms with van der Waals surface area (Å²) in [5.41, 5.74) is 0. The molecular weight excluding hydrogens is 296 g/mol. The van der Waals surface area contributed by atoms with E-state index in [2.05, 4.69) is 19.8 Å². The van der Waals surface area contributed by atoms with Gasteiger partial charge >= 0.3 is 0 Å². The van der Waals surface area contributed by atoms with Gasteiger partial charge in [0.2, 0.25) is 11.8 Å². The first-order valence-electron chi connectivity index (χ1n) is 8.29. The molecule has 3 fully saturated rings. The van der Waals surface area contributed by atoms with Crippen LogP contribution >= 0.6 is 0 Å². The molecule has 4 heterocycles. The minimum Gasteiger partial charge on any atom is -0.481 e. The summed E-state index contributed by atoms with van der Waals surface area (Å²) >= 11 is 0. The maximum atomic E-state index is 12.7. The van der Waals surface area contributed by atoms with Crippen molar-refractivity contribution in [3.05, 3.63) is 12.4 Å². The van der Waals surface area contributed by atoms with Crippen molar-refractivity contribution in [3.63, 3.8) is 0 Å². The largest absolute Gasteiger partial charge is 0.481 e. The van der Waals surface area contributed by atoms with Gasteiger partial charge in [0.15, 0.2) is 0 Å². The van der Waals surface area contributed by atoms with Crippen LogP contribution in [0, 0.1) is 5.92 Å². The number of methoxy groups -OCH3 is 1. The number of anilines is 1. The molecule has 1 aromatic rings. The molecule has 0 aliphatic carbocycles. The van der Waals surface area contributed by atoms with Crippen LogP contribution in [0.2, 0.25) is 0 Å². The number of rotatable bonds is 3. The summed E-state index contributed by atoms with van der Waals surface area (Å²) < 4.78 is 10.6. The van der Waals surface area contributed by atoms with E-state index in [0.29, 0.717) is 31.2 Å². The fraction of sp³-hybridized carbons (Fsp3) is 0.688. The number of carbonyl (C=O) groups is 1. The summed E-state index contributed by atoms with van der Waals surface area (Å²) in [7, 11) is 1.61. The monoisotopic (exact) mass is 318 g/mol. The molecule has 23 heavy (non-hydrogen) atoms. The average molecular weight is 318 g/mol. The second-order valence-electron chi connectivity index (χ2n) is 6.42. The van der Waals surface area contributed by atoms with Gasteiger partial charge < -0.3 is 19.3 Å². The summed E-state index contributed by atoms with van der Waals surface area (Å²) in [6.07, 6.45) is 4.39. The Morgan fingerprint density at radius 1 is 1.26 bits per heavy atom. The molecule has 7 heteroatoms. The number of ether oxygens (including phenoxy) is 2. The molecule has 0 unspecified atom stereocenters. The molecule has 0 bridgehead atoms. The lowest BCUT2D eigenvalue weighted by molar-refractivity contribution is -0.136. The van der Waals surface area contributed by atoms with Crippen molar-refractivity contribution >= 4 is 11.7 Å². The number of hydrogen-bond acceptors (Lipinski definition) is 6. The highest BCUT2D eigenvalue weighted by Gasteiger charge is 2.46. The first-order valence-corrected chi connectivity index (χ1v) is 8.29. The average Bonchev–Trinajstić information content (AvgIpc) is 3.31. The Labute approximate surface area is 135 Å². The SMILES string of the molecule is COc1cc(N2CC[C@@H]3[C@@H]2CCN3C(=O)[C@H]2CCOC2)ncn1. The maximum absolute atomic E-state index is 12.7. The maximum Gasteiger partial charge on any atom is 0.228 e. The summed E-state index contributed by atoms with van der Waals surface area (Å²) in [6.45, 7) is 3.05. The van der Waals surface area contributed by atoms with E-state index in [1.807, 2.05) is 6.07 Å². The van der Waals surface area contributed by atoms with Crippen molar-refractivity contribution in [2.24, 2.45) is 5.92 Å². The van der Waals surface area contributed by atoms with Crippen LogP contribution in [0.15, 0.2) is 12.4 Å². The molecule has 0 aromatic carbocycles. The second-order valence-corrected chi connectivity index (χ2v) is 6.42. The highest BCUT2D eigenvalue weighted by Crippen LogP contribution is 2.36. The molecule has 4 rings (SSSR count). The lowest BCUT2D eigenvalue weighted by Crippen LogP contribution is -2.42. The Morgan fingerprint density at radius 2 is 2.13 bits per heavy atom. The predicted octanol–water partition coefficient (Wildman–Crippen LogP) is 0.701. The van der Waals surface area contributed by atoms with E-state index in [0.717, 1.165) is 38.2 Å². The quantitative estimate of drug-likeness (QED) is 0.817. The Bertz CT molecular complexity index is 590. The Morgan fingerprint density at radius 3 is 2.91 bits per heavy atom. The van der Waals surface area contributed by atoms with Crippen molar-refractivity contribution in [2.75, 3.05) is 38.3 Å². The van der Waals surface area contributed by atoms with Gasteiger partial charge in [0.05, 0.1) is 31.7 Å². The molecule has 3 atom stereocenters. The van der Waals surface area contributed by atoms with E-state index in [1.165, 1.54) is 6.33 Å². The molecule has 0 radical (unpaired) electrons. The van der Waals surface area contributed by atoms with E-state index in [9.17, 15) is 4.79 Å². The standard InChI is InChI=1S/C16H22N4O3/c1-22-15-8-14(17-10-18-15)19-5-2-13-12(19)3-6-20(13)16(21)11-4-7-23-9-11/h8,10-13H,2-7,9H2,1H3/t11-,12-,13+/m0/s1. The first-order chi connectivity index (χ1) is 11.3. The molecule has 0 N–H and O–H groups in total. The zero-order chi connectivity index (χ0) is 15.8. The summed E-state index contributed by atoms with van der Waals surface area (Å²) in [6, 6.07) is 2.52. The summed E-state index contributed by atoms with van der Waals surface area (Å²) in [4.78, 5) is 25.6. The van der Waals surface area contributed by atoms with Crippen molar-refractivity contribution in [1.29, 1.82) is 0 Å². The zero-order valence-corrected chi connectivity index (χ0v) is 13.4. The molecule has 7 nitrogen and oxygen atoms in total. The number of likely N-dealkylation sites (tertiary alicyclic amines) is 1. The van der Waals surface area contributed by atoms with Crippen LogP contribution in [0.3, 0.4) is 0 Å². The van der Waals surface area contributed by atoms with Gasteiger partial charge in [-0.3, -0.25) is 4.79 Å². The first kappa shape index (κ1) is 14.7. The van der Waals surface area contributed by atoms with Crippen molar-refractivity contribution < 1.29 is 14.3 Å². The highest BCUT2D eigenvalue weighted by molar-refractivity contribution is 5.80. The minimum absolute atomic E-state index is 0.0574. The third-order valence-corrected chi connectivity index (χ3v) is 5.27. The van der Waals surface area contributed by atoms with Crippen LogP contribution in [-0.4, -0.2) is 66.3 Å². The number of carbonyl (C=O) groups excluding carboxylic acids is 1. The van der Waals surface area contributed by atoms with Crippen molar-refractivity contribution in [2.45, 2.75) is 31.3 Å². The van der Waals surface area contributed by atoms with Gasteiger partial charge in [0.1, 0.15) is 12.1 Å². The smallest absolute Gasteiger partial charge is 0.228 e. The normalized spacial score (nSPS) is 29.9. The van der Waals surface area contributed by atoms with Gasteiger partial charge in [-0.15, -0.1) is 0 Å². The van der Waals surface area contributed by atoms with E-state index in [4.69, 9.17) is 9.47 Å². The van der Waals surface area contributed by atoms with Crippen LogP contribution < -0.4 is 9.64 Å². The molecule has 1 aromatic heterocycles. The second kappa shape index (κ2) is 5.96. The van der Waals surface area contributed by atoms with E-state index < -0.39 is 0 Å². The molecule has 124 valence electrons. The number of amides is 1. The fourth-order valence-electron chi connectivity index (χ4n) is 4.11. The minimum atomic E-state index is 0.0574. The molecule has 3 aliphatic heterocycles.